The highest BCUT2D eigenvalue weighted by Gasteiger charge is 2.40. The number of rotatable bonds is 4. The van der Waals surface area contributed by atoms with E-state index in [0.29, 0.717) is 26.3 Å². The van der Waals surface area contributed by atoms with Crippen LogP contribution in [0, 0.1) is 6.92 Å². The molecule has 1 saturated heterocycles. The van der Waals surface area contributed by atoms with Gasteiger partial charge in [-0.05, 0) is 54.3 Å². The summed E-state index contributed by atoms with van der Waals surface area (Å²) >= 11 is 9.65. The van der Waals surface area contributed by atoms with E-state index in [0.717, 1.165) is 16.0 Å². The van der Waals surface area contributed by atoms with Crippen LogP contribution in [0.15, 0.2) is 34.8 Å². The van der Waals surface area contributed by atoms with Gasteiger partial charge in [0.25, 0.3) is 5.91 Å². The van der Waals surface area contributed by atoms with E-state index in [1.54, 1.807) is 30.3 Å². The molecule has 1 unspecified atom stereocenters. The van der Waals surface area contributed by atoms with E-state index in [9.17, 15) is 24.3 Å². The number of hydrogen-bond acceptors (Lipinski definition) is 4. The number of anilines is 1. The Labute approximate surface area is 197 Å². The molecule has 1 atom stereocenters. The number of nitrogens with zero attached hydrogens (tertiary/aromatic N) is 2. The molecule has 2 aromatic rings. The van der Waals surface area contributed by atoms with E-state index in [4.69, 9.17) is 11.6 Å². The van der Waals surface area contributed by atoms with Gasteiger partial charge in [0.05, 0.1) is 6.54 Å². The summed E-state index contributed by atoms with van der Waals surface area (Å²) in [7, 11) is 0. The Kier molecular flexibility index (Phi) is 5.96. The zero-order valence-corrected chi connectivity index (χ0v) is 19.4. The molecule has 0 aromatic heterocycles. The second-order valence-corrected chi connectivity index (χ2v) is 9.07. The number of amides is 4. The molecule has 2 heterocycles. The molecular formula is C22H19BrClN3O5. The van der Waals surface area contributed by atoms with Crippen molar-refractivity contribution in [2.24, 2.45) is 0 Å². The molecule has 166 valence electrons. The first-order valence-corrected chi connectivity index (χ1v) is 11.1. The molecule has 0 saturated carbocycles. The molecule has 2 aliphatic rings. The number of benzene rings is 2. The predicted octanol–water partition coefficient (Wildman–Crippen LogP) is 3.86. The third-order valence-electron chi connectivity index (χ3n) is 5.70. The lowest BCUT2D eigenvalue weighted by molar-refractivity contribution is -0.136. The Bertz CT molecular complexity index is 1170. The Morgan fingerprint density at radius 2 is 2.03 bits per heavy atom. The number of fused-ring (bicyclic) bond motifs is 1. The molecule has 4 amide bonds. The number of imide groups is 1. The van der Waals surface area contributed by atoms with Gasteiger partial charge in [-0.25, -0.2) is 4.79 Å². The molecule has 0 radical (unpaired) electrons. The van der Waals surface area contributed by atoms with E-state index in [-0.39, 0.29) is 37.7 Å². The number of nitrogens with one attached hydrogen (secondary N) is 1. The quantitative estimate of drug-likeness (QED) is 0.596. The summed E-state index contributed by atoms with van der Waals surface area (Å²) in [6, 6.07) is 7.71. The fourth-order valence-corrected chi connectivity index (χ4v) is 4.77. The van der Waals surface area contributed by atoms with E-state index in [1.165, 1.54) is 4.90 Å². The van der Waals surface area contributed by atoms with E-state index in [2.05, 4.69) is 21.2 Å². The third kappa shape index (κ3) is 4.10. The predicted molar refractivity (Wildman–Crippen MR) is 121 cm³/mol. The number of carbonyl (C=O) groups excluding carboxylic acids is 3. The number of hydrogen-bond donors (Lipinski definition) is 2. The molecule has 2 aromatic carbocycles. The molecule has 4 rings (SSSR count). The fraction of sp³-hybridized carbons (Fsp3) is 0.273. The van der Waals surface area contributed by atoms with Crippen molar-refractivity contribution in [1.29, 1.82) is 0 Å². The van der Waals surface area contributed by atoms with Crippen LogP contribution in [0.3, 0.4) is 0 Å². The van der Waals surface area contributed by atoms with Crippen molar-refractivity contribution < 1.29 is 24.3 Å². The SMILES string of the molecule is Cc1ccc(N(Cc2cc(Br)c3c(c2)C(=O)N(C2CCC(=O)NC2=O)C3)C(=O)O)cc1Cl. The third-order valence-corrected chi connectivity index (χ3v) is 6.81. The summed E-state index contributed by atoms with van der Waals surface area (Å²) in [5, 5.41) is 12.5. The smallest absolute Gasteiger partial charge is 0.412 e. The van der Waals surface area contributed by atoms with Gasteiger partial charge in [0.1, 0.15) is 6.04 Å². The van der Waals surface area contributed by atoms with Crippen molar-refractivity contribution in [1.82, 2.24) is 10.2 Å². The topological polar surface area (TPSA) is 107 Å². The standard InChI is InChI=1S/C22H19BrClN3O5/c1-11-2-3-13(8-17(11)24)26(22(31)32)9-12-6-14-15(16(23)7-12)10-27(21(14)30)18-4-5-19(28)25-20(18)29/h2-3,6-8,18H,4-5,9-10H2,1H3,(H,31,32)(H,25,28,29). The van der Waals surface area contributed by atoms with Gasteiger partial charge in [-0.3, -0.25) is 24.6 Å². The van der Waals surface area contributed by atoms with E-state index < -0.39 is 18.0 Å². The van der Waals surface area contributed by atoms with Gasteiger partial charge in [-0.15, -0.1) is 0 Å². The highest BCUT2D eigenvalue weighted by molar-refractivity contribution is 9.10. The fourth-order valence-electron chi connectivity index (χ4n) is 3.97. The van der Waals surface area contributed by atoms with Crippen molar-refractivity contribution >= 4 is 57.0 Å². The maximum absolute atomic E-state index is 13.1. The van der Waals surface area contributed by atoms with Gasteiger partial charge >= 0.3 is 6.09 Å². The lowest BCUT2D eigenvalue weighted by atomic mass is 10.0. The van der Waals surface area contributed by atoms with Crippen LogP contribution in [-0.4, -0.2) is 39.9 Å². The first-order chi connectivity index (χ1) is 15.2. The number of piperidine rings is 1. The zero-order chi connectivity index (χ0) is 23.2. The average molecular weight is 521 g/mol. The summed E-state index contributed by atoms with van der Waals surface area (Å²) < 4.78 is 0.653. The minimum atomic E-state index is -1.15. The molecule has 0 bridgehead atoms. The summed E-state index contributed by atoms with van der Waals surface area (Å²) in [4.78, 5) is 51.3. The van der Waals surface area contributed by atoms with Crippen molar-refractivity contribution in [2.45, 2.75) is 38.9 Å². The Balaban J connectivity index is 1.62. The highest BCUT2D eigenvalue weighted by atomic mass is 79.9. The van der Waals surface area contributed by atoms with Gasteiger partial charge in [-0.1, -0.05) is 33.6 Å². The Morgan fingerprint density at radius 1 is 1.28 bits per heavy atom. The van der Waals surface area contributed by atoms with Crippen LogP contribution in [0.25, 0.3) is 0 Å². The highest BCUT2D eigenvalue weighted by Crippen LogP contribution is 2.34. The largest absolute Gasteiger partial charge is 0.465 e. The first-order valence-electron chi connectivity index (χ1n) is 9.88. The van der Waals surface area contributed by atoms with E-state index >= 15 is 0 Å². The molecular weight excluding hydrogens is 502 g/mol. The van der Waals surface area contributed by atoms with Crippen LogP contribution in [0.2, 0.25) is 5.02 Å². The minimum Gasteiger partial charge on any atom is -0.465 e. The minimum absolute atomic E-state index is 0.00625. The van der Waals surface area contributed by atoms with Crippen LogP contribution in [0.4, 0.5) is 10.5 Å². The monoisotopic (exact) mass is 519 g/mol. The van der Waals surface area contributed by atoms with Crippen LogP contribution in [-0.2, 0) is 22.7 Å². The summed E-state index contributed by atoms with van der Waals surface area (Å²) in [5.74, 6) is -1.15. The number of carboxylic acid groups (broad SMARTS) is 1. The van der Waals surface area contributed by atoms with Crippen molar-refractivity contribution in [2.75, 3.05) is 4.90 Å². The summed E-state index contributed by atoms with van der Waals surface area (Å²) in [6.07, 6.45) is -0.705. The average Bonchev–Trinajstić information content (AvgIpc) is 3.05. The number of halogens is 2. The molecule has 10 heteroatoms. The first kappa shape index (κ1) is 22.3. The molecule has 0 aliphatic carbocycles. The molecule has 0 spiro atoms. The zero-order valence-electron chi connectivity index (χ0n) is 17.0. The van der Waals surface area contributed by atoms with Gasteiger partial charge in [-0.2, -0.15) is 0 Å². The van der Waals surface area contributed by atoms with Crippen molar-refractivity contribution in [3.8, 4) is 0 Å². The van der Waals surface area contributed by atoms with Crippen LogP contribution in [0.1, 0.15) is 39.9 Å². The second kappa shape index (κ2) is 8.55. The van der Waals surface area contributed by atoms with Gasteiger partial charge in [0.2, 0.25) is 11.8 Å². The van der Waals surface area contributed by atoms with Gasteiger partial charge in [0, 0.05) is 33.7 Å². The normalized spacial score (nSPS) is 17.9. The molecule has 1 fully saturated rings. The van der Waals surface area contributed by atoms with Gasteiger partial charge < -0.3 is 10.0 Å². The van der Waals surface area contributed by atoms with Crippen LogP contribution in [0.5, 0.6) is 0 Å². The van der Waals surface area contributed by atoms with Crippen molar-refractivity contribution in [3.63, 3.8) is 0 Å². The van der Waals surface area contributed by atoms with Crippen LogP contribution < -0.4 is 10.2 Å². The maximum atomic E-state index is 13.1. The second-order valence-electron chi connectivity index (χ2n) is 7.81. The molecule has 32 heavy (non-hydrogen) atoms. The Morgan fingerprint density at radius 3 is 2.69 bits per heavy atom. The van der Waals surface area contributed by atoms with Gasteiger partial charge in [0.15, 0.2) is 0 Å². The van der Waals surface area contributed by atoms with Crippen molar-refractivity contribution in [3.05, 3.63) is 62.1 Å². The van der Waals surface area contributed by atoms with Crippen LogP contribution >= 0.6 is 27.5 Å². The number of aryl methyl sites for hydroxylation is 1. The molecule has 8 nitrogen and oxygen atoms in total. The summed E-state index contributed by atoms with van der Waals surface area (Å²) in [5.41, 5.74) is 2.99. The number of carbonyl (C=O) groups is 4. The lowest BCUT2D eigenvalue weighted by Gasteiger charge is -2.29. The molecule has 2 aliphatic heterocycles. The van der Waals surface area contributed by atoms with E-state index in [1.807, 2.05) is 6.92 Å². The maximum Gasteiger partial charge on any atom is 0.412 e. The Hall–Kier alpha value is -2.91. The summed E-state index contributed by atoms with van der Waals surface area (Å²) in [6.45, 7) is 2.07. The lowest BCUT2D eigenvalue weighted by Crippen LogP contribution is -2.52. The molecule has 2 N–H and O–H groups in total.